The fourth-order valence-corrected chi connectivity index (χ4v) is 2.25. The van der Waals surface area contributed by atoms with Crippen molar-refractivity contribution in [2.45, 2.75) is 33.1 Å². The summed E-state index contributed by atoms with van der Waals surface area (Å²) in [4.78, 5) is 11.3. The second-order valence-electron chi connectivity index (χ2n) is 5.05. The fraction of sp³-hybridized carbons (Fsp3) is 0.278. The van der Waals surface area contributed by atoms with E-state index in [2.05, 4.69) is 19.1 Å². The highest BCUT2D eigenvalue weighted by Crippen LogP contribution is 2.30. The van der Waals surface area contributed by atoms with E-state index in [1.54, 1.807) is 18.2 Å². The first-order chi connectivity index (χ1) is 10.1. The molecule has 0 aromatic heterocycles. The van der Waals surface area contributed by atoms with Crippen LogP contribution in [-0.2, 0) is 6.42 Å². The molecule has 0 bridgehead atoms. The first-order valence-electron chi connectivity index (χ1n) is 7.17. The summed E-state index contributed by atoms with van der Waals surface area (Å²) in [5.41, 5.74) is 1.89. The van der Waals surface area contributed by atoms with Crippen LogP contribution in [0, 0.1) is 0 Å². The first-order valence-corrected chi connectivity index (χ1v) is 7.55. The normalized spacial score (nSPS) is 10.4. The van der Waals surface area contributed by atoms with Gasteiger partial charge in [-0.1, -0.05) is 37.1 Å². The second kappa shape index (κ2) is 7.28. The van der Waals surface area contributed by atoms with Crippen molar-refractivity contribution in [2.24, 2.45) is 0 Å². The summed E-state index contributed by atoms with van der Waals surface area (Å²) < 4.78 is 5.76. The maximum Gasteiger partial charge on any atom is 0.159 e. The number of hydrogen-bond donors (Lipinski definition) is 0. The molecule has 0 radical (unpaired) electrons. The Morgan fingerprint density at radius 1 is 1.14 bits per heavy atom. The summed E-state index contributed by atoms with van der Waals surface area (Å²) in [6.07, 6.45) is 3.47. The van der Waals surface area contributed by atoms with Crippen LogP contribution < -0.4 is 4.74 Å². The Labute approximate surface area is 130 Å². The van der Waals surface area contributed by atoms with Gasteiger partial charge in [-0.25, -0.2) is 0 Å². The fourth-order valence-electron chi connectivity index (χ4n) is 2.03. The molecule has 3 heteroatoms. The Balaban J connectivity index is 2.09. The van der Waals surface area contributed by atoms with Gasteiger partial charge in [0.2, 0.25) is 0 Å². The van der Waals surface area contributed by atoms with Crippen LogP contribution in [0.4, 0.5) is 0 Å². The minimum Gasteiger partial charge on any atom is -0.456 e. The quantitative estimate of drug-likeness (QED) is 0.642. The van der Waals surface area contributed by atoms with Gasteiger partial charge >= 0.3 is 0 Å². The van der Waals surface area contributed by atoms with Gasteiger partial charge in [0.15, 0.2) is 5.78 Å². The molecule has 0 aliphatic rings. The van der Waals surface area contributed by atoms with Gasteiger partial charge in [-0.15, -0.1) is 0 Å². The van der Waals surface area contributed by atoms with E-state index >= 15 is 0 Å². The van der Waals surface area contributed by atoms with Gasteiger partial charge in [0.25, 0.3) is 0 Å². The zero-order valence-corrected chi connectivity index (χ0v) is 13.1. The van der Waals surface area contributed by atoms with E-state index in [0.717, 1.165) is 12.2 Å². The monoisotopic (exact) mass is 302 g/mol. The molecule has 2 rings (SSSR count). The summed E-state index contributed by atoms with van der Waals surface area (Å²) in [5.74, 6) is 1.29. The lowest BCUT2D eigenvalue weighted by Gasteiger charge is -2.09. The highest BCUT2D eigenvalue weighted by Gasteiger charge is 2.07. The van der Waals surface area contributed by atoms with E-state index in [0.29, 0.717) is 16.3 Å². The number of halogens is 1. The van der Waals surface area contributed by atoms with Crippen molar-refractivity contribution in [3.63, 3.8) is 0 Å². The molecule has 0 amide bonds. The van der Waals surface area contributed by atoms with Gasteiger partial charge in [-0.2, -0.15) is 0 Å². The Morgan fingerprint density at radius 3 is 2.43 bits per heavy atom. The van der Waals surface area contributed by atoms with Crippen LogP contribution in [0.15, 0.2) is 42.5 Å². The van der Waals surface area contributed by atoms with Crippen molar-refractivity contribution < 1.29 is 9.53 Å². The third kappa shape index (κ3) is 4.33. The molecule has 0 atom stereocenters. The maximum atomic E-state index is 11.3. The van der Waals surface area contributed by atoms with Gasteiger partial charge < -0.3 is 4.74 Å². The van der Waals surface area contributed by atoms with Crippen molar-refractivity contribution in [3.8, 4) is 11.5 Å². The van der Waals surface area contributed by atoms with E-state index in [1.807, 2.05) is 12.1 Å². The number of Topliss-reactive ketones (excluding diaryl/α,β-unsaturated/α-hetero) is 1. The minimum atomic E-state index is -0.0104. The molecule has 0 unspecified atom stereocenters. The Bertz CT molecular complexity index is 618. The molecular formula is C18H19ClO2. The van der Waals surface area contributed by atoms with Crippen LogP contribution in [-0.4, -0.2) is 5.78 Å². The maximum absolute atomic E-state index is 11.3. The number of rotatable bonds is 6. The van der Waals surface area contributed by atoms with Gasteiger partial charge in [-0.05, 0) is 55.7 Å². The molecule has 0 aliphatic heterocycles. The number of aryl methyl sites for hydroxylation is 1. The molecule has 0 heterocycles. The predicted molar refractivity (Wildman–Crippen MR) is 86.6 cm³/mol. The zero-order chi connectivity index (χ0) is 15.2. The number of benzene rings is 2. The number of ketones is 1. The van der Waals surface area contributed by atoms with Crippen molar-refractivity contribution in [3.05, 3.63) is 58.6 Å². The zero-order valence-electron chi connectivity index (χ0n) is 12.4. The van der Waals surface area contributed by atoms with E-state index in [-0.39, 0.29) is 5.78 Å². The predicted octanol–water partition coefficient (Wildman–Crippen LogP) is 5.68. The number of ether oxygens (including phenoxy) is 1. The largest absolute Gasteiger partial charge is 0.456 e. The summed E-state index contributed by atoms with van der Waals surface area (Å²) in [5, 5.41) is 0.442. The number of carbonyl (C=O) groups is 1. The molecule has 0 aliphatic carbocycles. The molecule has 0 N–H and O–H groups in total. The molecule has 21 heavy (non-hydrogen) atoms. The molecule has 2 aromatic carbocycles. The van der Waals surface area contributed by atoms with Gasteiger partial charge in [0.1, 0.15) is 11.5 Å². The van der Waals surface area contributed by atoms with Crippen LogP contribution in [0.5, 0.6) is 11.5 Å². The van der Waals surface area contributed by atoms with Crippen molar-refractivity contribution >= 4 is 17.4 Å². The van der Waals surface area contributed by atoms with Crippen molar-refractivity contribution in [2.75, 3.05) is 0 Å². The van der Waals surface area contributed by atoms with E-state index in [9.17, 15) is 4.79 Å². The van der Waals surface area contributed by atoms with Crippen LogP contribution in [0.25, 0.3) is 0 Å². The highest BCUT2D eigenvalue weighted by atomic mass is 35.5. The highest BCUT2D eigenvalue weighted by molar-refractivity contribution is 6.32. The third-order valence-corrected chi connectivity index (χ3v) is 3.60. The lowest BCUT2D eigenvalue weighted by Crippen LogP contribution is -1.93. The SMILES string of the molecule is CCCCc1ccc(Oc2ccc(C(C)=O)cc2Cl)cc1. The first kappa shape index (κ1) is 15.6. The molecular weight excluding hydrogens is 284 g/mol. The van der Waals surface area contributed by atoms with E-state index < -0.39 is 0 Å². The van der Waals surface area contributed by atoms with Gasteiger partial charge in [0, 0.05) is 5.56 Å². The van der Waals surface area contributed by atoms with Crippen LogP contribution in [0.1, 0.15) is 42.6 Å². The number of carbonyl (C=O) groups excluding carboxylic acids is 1. The standard InChI is InChI=1S/C18H19ClO2/c1-3-4-5-14-6-9-16(10-7-14)21-18-11-8-15(13(2)20)12-17(18)19/h6-12H,3-5H2,1-2H3. The molecule has 0 spiro atoms. The molecule has 0 saturated heterocycles. The Kier molecular flexibility index (Phi) is 5.40. The van der Waals surface area contributed by atoms with Gasteiger partial charge in [0.05, 0.1) is 5.02 Å². The van der Waals surface area contributed by atoms with Crippen LogP contribution in [0.3, 0.4) is 0 Å². The molecule has 0 fully saturated rings. The number of hydrogen-bond acceptors (Lipinski definition) is 2. The van der Waals surface area contributed by atoms with Crippen molar-refractivity contribution in [1.29, 1.82) is 0 Å². The van der Waals surface area contributed by atoms with Crippen molar-refractivity contribution in [1.82, 2.24) is 0 Å². The summed E-state index contributed by atoms with van der Waals surface area (Å²) in [6, 6.07) is 13.1. The molecule has 110 valence electrons. The molecule has 2 aromatic rings. The third-order valence-electron chi connectivity index (χ3n) is 3.31. The number of unbranched alkanes of at least 4 members (excludes halogenated alkanes) is 1. The average Bonchev–Trinajstić information content (AvgIpc) is 2.48. The lowest BCUT2D eigenvalue weighted by atomic mass is 10.1. The smallest absolute Gasteiger partial charge is 0.159 e. The molecule has 0 saturated carbocycles. The second-order valence-corrected chi connectivity index (χ2v) is 5.46. The Hall–Kier alpha value is -1.80. The van der Waals surface area contributed by atoms with Gasteiger partial charge in [-0.3, -0.25) is 4.79 Å². The van der Waals surface area contributed by atoms with E-state index in [1.165, 1.54) is 25.3 Å². The lowest BCUT2D eigenvalue weighted by molar-refractivity contribution is 0.101. The summed E-state index contributed by atoms with van der Waals surface area (Å²) in [6.45, 7) is 3.70. The molecule has 2 nitrogen and oxygen atoms in total. The Morgan fingerprint density at radius 2 is 1.86 bits per heavy atom. The average molecular weight is 303 g/mol. The minimum absolute atomic E-state index is 0.0104. The topological polar surface area (TPSA) is 26.3 Å². The van der Waals surface area contributed by atoms with Crippen LogP contribution >= 0.6 is 11.6 Å². The summed E-state index contributed by atoms with van der Waals surface area (Å²) in [7, 11) is 0. The van der Waals surface area contributed by atoms with E-state index in [4.69, 9.17) is 16.3 Å². The van der Waals surface area contributed by atoms with Crippen LogP contribution in [0.2, 0.25) is 5.02 Å². The summed E-state index contributed by atoms with van der Waals surface area (Å²) >= 11 is 6.15.